The van der Waals surface area contributed by atoms with Gasteiger partial charge in [-0.1, -0.05) is 0 Å². The van der Waals surface area contributed by atoms with Crippen molar-refractivity contribution in [1.82, 2.24) is 15.2 Å². The lowest BCUT2D eigenvalue weighted by Crippen LogP contribution is -2.40. The van der Waals surface area contributed by atoms with E-state index in [0.717, 1.165) is 17.8 Å². The Morgan fingerprint density at radius 3 is 2.85 bits per heavy atom. The van der Waals surface area contributed by atoms with Crippen LogP contribution in [0, 0.1) is 0 Å². The van der Waals surface area contributed by atoms with Crippen molar-refractivity contribution < 1.29 is 9.59 Å². The Morgan fingerprint density at radius 2 is 2.15 bits per heavy atom. The van der Waals surface area contributed by atoms with Gasteiger partial charge >= 0.3 is 0 Å². The third-order valence-electron chi connectivity index (χ3n) is 3.31. The average molecular weight is 296 g/mol. The molecule has 1 aliphatic rings. The lowest BCUT2D eigenvalue weighted by Gasteiger charge is -2.15. The van der Waals surface area contributed by atoms with Crippen LogP contribution in [0.15, 0.2) is 0 Å². The van der Waals surface area contributed by atoms with Crippen LogP contribution >= 0.6 is 11.3 Å². The Balaban J connectivity index is 1.87. The summed E-state index contributed by atoms with van der Waals surface area (Å²) in [4.78, 5) is 30.4. The summed E-state index contributed by atoms with van der Waals surface area (Å²) in [5.41, 5.74) is 6.37. The van der Waals surface area contributed by atoms with Crippen molar-refractivity contribution in [3.63, 3.8) is 0 Å². The van der Waals surface area contributed by atoms with Crippen LogP contribution in [-0.4, -0.2) is 41.8 Å². The van der Waals surface area contributed by atoms with E-state index in [2.05, 4.69) is 10.3 Å². The molecule has 110 valence electrons. The summed E-state index contributed by atoms with van der Waals surface area (Å²) in [7, 11) is 1.72. The summed E-state index contributed by atoms with van der Waals surface area (Å²) in [6.45, 7) is 0.378. The van der Waals surface area contributed by atoms with E-state index >= 15 is 0 Å². The fraction of sp³-hybridized carbons (Fsp3) is 0.615. The molecule has 0 saturated carbocycles. The summed E-state index contributed by atoms with van der Waals surface area (Å²) in [6.07, 6.45) is 4.60. The molecule has 0 radical (unpaired) electrons. The van der Waals surface area contributed by atoms with E-state index in [9.17, 15) is 9.59 Å². The van der Waals surface area contributed by atoms with Crippen LogP contribution in [0.3, 0.4) is 0 Å². The first kappa shape index (κ1) is 14.9. The third-order valence-corrected chi connectivity index (χ3v) is 4.45. The minimum atomic E-state index is -0.323. The number of carbonyl (C=O) groups is 2. The maximum atomic E-state index is 11.9. The monoisotopic (exact) mass is 296 g/mol. The lowest BCUT2D eigenvalue weighted by molar-refractivity contribution is -0.131. The second kappa shape index (κ2) is 6.81. The van der Waals surface area contributed by atoms with Gasteiger partial charge in [0.2, 0.25) is 11.8 Å². The average Bonchev–Trinajstić information content (AvgIpc) is 2.86. The van der Waals surface area contributed by atoms with Gasteiger partial charge in [-0.15, -0.1) is 11.3 Å². The maximum Gasteiger partial charge on any atom is 0.242 e. The fourth-order valence-electron chi connectivity index (χ4n) is 2.15. The number of likely N-dealkylation sites (N-methyl/N-ethyl adjacent to an activating group) is 1. The molecule has 2 rings (SSSR count). The van der Waals surface area contributed by atoms with E-state index in [1.807, 2.05) is 0 Å². The van der Waals surface area contributed by atoms with Gasteiger partial charge in [0, 0.05) is 11.9 Å². The zero-order valence-electron chi connectivity index (χ0n) is 11.6. The minimum Gasteiger partial charge on any atom is -0.346 e. The molecule has 3 N–H and O–H groups in total. The van der Waals surface area contributed by atoms with Crippen LogP contribution in [0.2, 0.25) is 0 Å². The second-order valence-corrected chi connectivity index (χ2v) is 6.08. The zero-order valence-corrected chi connectivity index (χ0v) is 12.5. The molecule has 20 heavy (non-hydrogen) atoms. The number of carbonyl (C=O) groups excluding carboxylic acids is 2. The number of amides is 2. The van der Waals surface area contributed by atoms with Gasteiger partial charge in [0.15, 0.2) is 0 Å². The van der Waals surface area contributed by atoms with Crippen LogP contribution in [-0.2, 0) is 29.0 Å². The zero-order chi connectivity index (χ0) is 14.5. The predicted molar refractivity (Wildman–Crippen MR) is 77.3 cm³/mol. The number of hydrogen-bond acceptors (Lipinski definition) is 5. The number of aromatic nitrogens is 1. The van der Waals surface area contributed by atoms with Gasteiger partial charge in [0.05, 0.1) is 25.3 Å². The molecular formula is C13H20N4O2S. The molecule has 0 aliphatic heterocycles. The quantitative estimate of drug-likeness (QED) is 0.804. The number of thiazole rings is 1. The number of hydrogen-bond donors (Lipinski definition) is 2. The smallest absolute Gasteiger partial charge is 0.242 e. The SMILES string of the molecule is CN(Cc1nc2c(s1)CCCC2)C(=O)CNC(=O)CN. The van der Waals surface area contributed by atoms with Crippen molar-refractivity contribution in [2.75, 3.05) is 20.1 Å². The second-order valence-electron chi connectivity index (χ2n) is 4.92. The van der Waals surface area contributed by atoms with Gasteiger partial charge in [0.25, 0.3) is 0 Å². The molecule has 0 atom stereocenters. The van der Waals surface area contributed by atoms with E-state index in [4.69, 9.17) is 5.73 Å². The molecule has 7 heteroatoms. The number of fused-ring (bicyclic) bond motifs is 1. The number of nitrogens with zero attached hydrogens (tertiary/aromatic N) is 2. The molecular weight excluding hydrogens is 276 g/mol. The molecule has 1 heterocycles. The number of rotatable bonds is 5. The van der Waals surface area contributed by atoms with Gasteiger partial charge < -0.3 is 16.0 Å². The highest BCUT2D eigenvalue weighted by atomic mass is 32.1. The van der Waals surface area contributed by atoms with Crippen molar-refractivity contribution in [2.45, 2.75) is 32.2 Å². The first-order chi connectivity index (χ1) is 9.60. The maximum absolute atomic E-state index is 11.9. The molecule has 0 fully saturated rings. The number of nitrogens with one attached hydrogen (secondary N) is 1. The topological polar surface area (TPSA) is 88.3 Å². The van der Waals surface area contributed by atoms with E-state index in [1.54, 1.807) is 23.3 Å². The molecule has 1 aliphatic carbocycles. The normalized spacial score (nSPS) is 13.7. The van der Waals surface area contributed by atoms with Gasteiger partial charge in [-0.3, -0.25) is 9.59 Å². The van der Waals surface area contributed by atoms with Crippen LogP contribution in [0.4, 0.5) is 0 Å². The van der Waals surface area contributed by atoms with Crippen LogP contribution in [0.25, 0.3) is 0 Å². The molecule has 0 saturated heterocycles. The number of nitrogens with two attached hydrogens (primary N) is 1. The highest BCUT2D eigenvalue weighted by Crippen LogP contribution is 2.27. The molecule has 1 aromatic heterocycles. The van der Waals surface area contributed by atoms with Crippen molar-refractivity contribution in [3.05, 3.63) is 15.6 Å². The summed E-state index contributed by atoms with van der Waals surface area (Å²) in [5.74, 6) is -0.462. The van der Waals surface area contributed by atoms with Crippen molar-refractivity contribution in [2.24, 2.45) is 5.73 Å². The Bertz CT molecular complexity index is 477. The fourth-order valence-corrected chi connectivity index (χ4v) is 3.36. The molecule has 6 nitrogen and oxygen atoms in total. The number of aryl methyl sites for hydroxylation is 2. The van der Waals surface area contributed by atoms with Crippen molar-refractivity contribution >= 4 is 23.2 Å². The van der Waals surface area contributed by atoms with E-state index < -0.39 is 0 Å². The molecule has 0 aromatic carbocycles. The first-order valence-corrected chi connectivity index (χ1v) is 7.60. The Labute approximate surface area is 122 Å². The Hall–Kier alpha value is -1.47. The van der Waals surface area contributed by atoms with Crippen LogP contribution in [0.5, 0.6) is 0 Å². The summed E-state index contributed by atoms with van der Waals surface area (Å²) in [6, 6.07) is 0. The largest absolute Gasteiger partial charge is 0.346 e. The summed E-state index contributed by atoms with van der Waals surface area (Å²) in [5, 5.41) is 3.45. The molecule has 2 amide bonds. The Morgan fingerprint density at radius 1 is 1.40 bits per heavy atom. The van der Waals surface area contributed by atoms with Crippen LogP contribution in [0.1, 0.15) is 28.4 Å². The van der Waals surface area contributed by atoms with Crippen molar-refractivity contribution in [3.8, 4) is 0 Å². The van der Waals surface area contributed by atoms with Crippen LogP contribution < -0.4 is 11.1 Å². The lowest BCUT2D eigenvalue weighted by atomic mass is 10.0. The highest BCUT2D eigenvalue weighted by molar-refractivity contribution is 7.11. The van der Waals surface area contributed by atoms with E-state index in [0.29, 0.717) is 6.54 Å². The van der Waals surface area contributed by atoms with Gasteiger partial charge in [0.1, 0.15) is 5.01 Å². The van der Waals surface area contributed by atoms with E-state index in [-0.39, 0.29) is 24.9 Å². The highest BCUT2D eigenvalue weighted by Gasteiger charge is 2.17. The Kier molecular flexibility index (Phi) is 5.08. The molecule has 0 unspecified atom stereocenters. The van der Waals surface area contributed by atoms with Gasteiger partial charge in [-0.25, -0.2) is 4.98 Å². The molecule has 0 spiro atoms. The molecule has 1 aromatic rings. The first-order valence-electron chi connectivity index (χ1n) is 6.78. The van der Waals surface area contributed by atoms with Gasteiger partial charge in [-0.05, 0) is 25.7 Å². The van der Waals surface area contributed by atoms with Crippen molar-refractivity contribution in [1.29, 1.82) is 0 Å². The van der Waals surface area contributed by atoms with Gasteiger partial charge in [-0.2, -0.15) is 0 Å². The standard InChI is InChI=1S/C13H20N4O2S/c1-17(13(19)7-15-11(18)6-14)8-12-16-9-4-2-3-5-10(9)20-12/h2-8,14H2,1H3,(H,15,18). The molecule has 0 bridgehead atoms. The summed E-state index contributed by atoms with van der Waals surface area (Å²) < 4.78 is 0. The third kappa shape index (κ3) is 3.77. The summed E-state index contributed by atoms with van der Waals surface area (Å²) >= 11 is 1.70. The minimum absolute atomic E-state index is 0.0162. The van der Waals surface area contributed by atoms with E-state index in [1.165, 1.54) is 23.4 Å². The predicted octanol–water partition coefficient (Wildman–Crippen LogP) is 0.0552.